The van der Waals surface area contributed by atoms with Gasteiger partial charge in [0.2, 0.25) is 5.79 Å². The summed E-state index contributed by atoms with van der Waals surface area (Å²) in [6, 6.07) is 0. The third-order valence-corrected chi connectivity index (χ3v) is 4.59. The van der Waals surface area contributed by atoms with Crippen molar-refractivity contribution in [2.45, 2.75) is 109 Å². The third kappa shape index (κ3) is 14.0. The maximum Gasteiger partial charge on any atom is 0.225 e. The molecule has 0 saturated heterocycles. The van der Waals surface area contributed by atoms with E-state index in [0.29, 0.717) is 0 Å². The van der Waals surface area contributed by atoms with Crippen LogP contribution in [0.25, 0.3) is 0 Å². The minimum atomic E-state index is -2.22. The quantitative estimate of drug-likeness (QED) is 0.212. The van der Waals surface area contributed by atoms with Crippen LogP contribution in [0.2, 0.25) is 0 Å². The predicted octanol–water partition coefficient (Wildman–Crippen LogP) is 5.35. The second-order valence-corrected chi connectivity index (χ2v) is 7.05. The molecule has 0 saturated carbocycles. The molecule has 3 nitrogen and oxygen atoms in total. The molecule has 0 atom stereocenters. The number of unbranched alkanes of at least 4 members (excludes halogenated alkanes) is 12. The highest BCUT2D eigenvalue weighted by Gasteiger charge is 2.30. The van der Waals surface area contributed by atoms with Crippen LogP contribution in [0.1, 0.15) is 103 Å². The van der Waals surface area contributed by atoms with Crippen LogP contribution in [-0.4, -0.2) is 27.7 Å². The molecule has 0 aliphatic carbocycles. The Morgan fingerprint density at radius 3 is 1.57 bits per heavy atom. The molecule has 0 unspecified atom stereocenters. The Morgan fingerprint density at radius 2 is 1.17 bits per heavy atom. The van der Waals surface area contributed by atoms with E-state index in [1.165, 1.54) is 64.2 Å². The fraction of sp³-hybridized carbons (Fsp3) is 0.947. The molecule has 2 N–H and O–H groups in total. The van der Waals surface area contributed by atoms with E-state index in [1.54, 1.807) is 0 Å². The molecule has 0 rings (SSSR count). The summed E-state index contributed by atoms with van der Waals surface area (Å²) in [5.74, 6) is -2.64. The van der Waals surface area contributed by atoms with Gasteiger partial charge in [0.1, 0.15) is 0 Å². The van der Waals surface area contributed by atoms with E-state index in [2.05, 4.69) is 6.92 Å². The molecule has 0 aromatic carbocycles. The number of rotatable bonds is 17. The van der Waals surface area contributed by atoms with E-state index < -0.39 is 11.6 Å². The molecule has 0 fully saturated rings. The van der Waals surface area contributed by atoms with Crippen LogP contribution in [0.3, 0.4) is 0 Å². The Kier molecular flexibility index (Phi) is 15.3. The van der Waals surface area contributed by atoms with Crippen LogP contribution in [0, 0.1) is 0 Å². The van der Waals surface area contributed by atoms with Crippen molar-refractivity contribution < 1.29 is 15.0 Å². The van der Waals surface area contributed by atoms with Crippen LogP contribution in [-0.2, 0) is 4.79 Å². The van der Waals surface area contributed by atoms with E-state index in [1.807, 2.05) is 0 Å². The van der Waals surface area contributed by atoms with Crippen LogP contribution in [0.15, 0.2) is 0 Å². The lowest BCUT2D eigenvalue weighted by atomic mass is 10.0. The fourth-order valence-electron chi connectivity index (χ4n) is 2.77. The number of alkyl halides is 1. The van der Waals surface area contributed by atoms with Crippen molar-refractivity contribution in [1.82, 2.24) is 0 Å². The summed E-state index contributed by atoms with van der Waals surface area (Å²) in [6.07, 6.45) is 16.4. The van der Waals surface area contributed by atoms with Gasteiger partial charge in [-0.3, -0.25) is 4.79 Å². The Hall–Kier alpha value is -0.120. The second-order valence-electron chi connectivity index (χ2n) is 6.67. The van der Waals surface area contributed by atoms with E-state index in [-0.39, 0.29) is 18.7 Å². The van der Waals surface area contributed by atoms with Gasteiger partial charge in [0, 0.05) is 18.7 Å². The Labute approximate surface area is 147 Å². The summed E-state index contributed by atoms with van der Waals surface area (Å²) < 4.78 is 0. The molecule has 0 bridgehead atoms. The summed E-state index contributed by atoms with van der Waals surface area (Å²) in [4.78, 5) is 11.6. The molecule has 0 aromatic heterocycles. The van der Waals surface area contributed by atoms with Gasteiger partial charge in [-0.05, 0) is 6.42 Å². The molecule has 0 heterocycles. The van der Waals surface area contributed by atoms with Crippen LogP contribution < -0.4 is 0 Å². The van der Waals surface area contributed by atoms with Crippen LogP contribution in [0.5, 0.6) is 0 Å². The van der Waals surface area contributed by atoms with Crippen molar-refractivity contribution in [3.05, 3.63) is 0 Å². The zero-order chi connectivity index (χ0) is 17.4. The molecule has 0 aliphatic rings. The van der Waals surface area contributed by atoms with Gasteiger partial charge in [-0.25, -0.2) is 0 Å². The van der Waals surface area contributed by atoms with Crippen LogP contribution in [0.4, 0.5) is 0 Å². The summed E-state index contributed by atoms with van der Waals surface area (Å²) in [7, 11) is 0. The standard InChI is InChI=1S/C19H37ClO3/c1-2-3-4-5-6-7-8-9-10-11-12-13-14-15-18(21)19(22,23)16-17-20/h22-23H,2-17H2,1H3. The van der Waals surface area contributed by atoms with Gasteiger partial charge in [-0.1, -0.05) is 84.0 Å². The third-order valence-electron chi connectivity index (χ3n) is 4.40. The minimum absolute atomic E-state index is 0.0807. The first-order chi connectivity index (χ1) is 11.0. The number of hydrogen-bond donors (Lipinski definition) is 2. The number of aliphatic hydroxyl groups is 2. The molecule has 0 aromatic rings. The minimum Gasteiger partial charge on any atom is -0.360 e. The van der Waals surface area contributed by atoms with Crippen molar-refractivity contribution in [2.75, 3.05) is 5.88 Å². The van der Waals surface area contributed by atoms with Crippen molar-refractivity contribution >= 4 is 17.4 Å². The Balaban J connectivity index is 3.29. The number of ketones is 1. The van der Waals surface area contributed by atoms with Gasteiger partial charge < -0.3 is 10.2 Å². The first-order valence-corrected chi connectivity index (χ1v) is 10.1. The van der Waals surface area contributed by atoms with Gasteiger partial charge >= 0.3 is 0 Å². The fourth-order valence-corrected chi connectivity index (χ4v) is 3.04. The van der Waals surface area contributed by atoms with Crippen molar-refractivity contribution in [3.63, 3.8) is 0 Å². The normalized spacial score (nSPS) is 11.8. The van der Waals surface area contributed by atoms with Gasteiger partial charge in [-0.2, -0.15) is 0 Å². The first kappa shape index (κ1) is 22.9. The molecule has 4 heteroatoms. The van der Waals surface area contributed by atoms with Gasteiger partial charge in [0.15, 0.2) is 5.78 Å². The van der Waals surface area contributed by atoms with Crippen molar-refractivity contribution in [2.24, 2.45) is 0 Å². The lowest BCUT2D eigenvalue weighted by Crippen LogP contribution is -2.38. The van der Waals surface area contributed by atoms with E-state index in [0.717, 1.165) is 19.3 Å². The molecule has 23 heavy (non-hydrogen) atoms. The summed E-state index contributed by atoms with van der Waals surface area (Å²) in [6.45, 7) is 2.25. The van der Waals surface area contributed by atoms with E-state index in [4.69, 9.17) is 11.6 Å². The number of carbonyl (C=O) groups is 1. The van der Waals surface area contributed by atoms with Gasteiger partial charge in [-0.15, -0.1) is 11.6 Å². The smallest absolute Gasteiger partial charge is 0.225 e. The molecule has 0 spiro atoms. The van der Waals surface area contributed by atoms with Gasteiger partial charge in [0.25, 0.3) is 0 Å². The van der Waals surface area contributed by atoms with Crippen molar-refractivity contribution in [1.29, 1.82) is 0 Å². The molecular formula is C19H37ClO3. The zero-order valence-electron chi connectivity index (χ0n) is 15.0. The monoisotopic (exact) mass is 348 g/mol. The van der Waals surface area contributed by atoms with E-state index >= 15 is 0 Å². The molecular weight excluding hydrogens is 312 g/mol. The SMILES string of the molecule is CCCCCCCCCCCCCCCC(=O)C(O)(O)CCCl. The molecule has 0 aliphatic heterocycles. The first-order valence-electron chi connectivity index (χ1n) is 9.58. The summed E-state index contributed by atoms with van der Waals surface area (Å²) >= 11 is 5.44. The average molecular weight is 349 g/mol. The lowest BCUT2D eigenvalue weighted by molar-refractivity contribution is -0.183. The van der Waals surface area contributed by atoms with Crippen LogP contribution >= 0.6 is 11.6 Å². The maximum absolute atomic E-state index is 11.6. The summed E-state index contributed by atoms with van der Waals surface area (Å²) in [5, 5.41) is 19.0. The Morgan fingerprint density at radius 1 is 0.783 bits per heavy atom. The van der Waals surface area contributed by atoms with Crippen molar-refractivity contribution in [3.8, 4) is 0 Å². The highest BCUT2D eigenvalue weighted by atomic mass is 35.5. The second kappa shape index (κ2) is 15.4. The molecule has 138 valence electrons. The zero-order valence-corrected chi connectivity index (χ0v) is 15.8. The Bertz CT molecular complexity index is 280. The molecule has 0 radical (unpaired) electrons. The van der Waals surface area contributed by atoms with E-state index in [9.17, 15) is 15.0 Å². The number of hydrogen-bond acceptors (Lipinski definition) is 3. The maximum atomic E-state index is 11.6. The lowest BCUT2D eigenvalue weighted by Gasteiger charge is -2.18. The highest BCUT2D eigenvalue weighted by Crippen LogP contribution is 2.16. The van der Waals surface area contributed by atoms with Gasteiger partial charge in [0.05, 0.1) is 0 Å². The molecule has 0 amide bonds. The largest absolute Gasteiger partial charge is 0.360 e. The number of carbonyl (C=O) groups excluding carboxylic acids is 1. The summed E-state index contributed by atoms with van der Waals surface area (Å²) in [5.41, 5.74) is 0. The number of halogens is 1. The topological polar surface area (TPSA) is 57.5 Å². The average Bonchev–Trinajstić information content (AvgIpc) is 2.51. The number of Topliss-reactive ketones (excluding diaryl/α,β-unsaturated/α-hetero) is 1. The predicted molar refractivity (Wildman–Crippen MR) is 97.8 cm³/mol. The highest BCUT2D eigenvalue weighted by molar-refractivity contribution is 6.18.